The maximum absolute atomic E-state index is 12.9. The quantitative estimate of drug-likeness (QED) is 0.736. The molecule has 1 unspecified atom stereocenters. The van der Waals surface area contributed by atoms with Crippen LogP contribution < -0.4 is 5.32 Å². The maximum Gasteiger partial charge on any atom is 0.255 e. The van der Waals surface area contributed by atoms with Gasteiger partial charge in [0.1, 0.15) is 0 Å². The van der Waals surface area contributed by atoms with E-state index in [1.54, 1.807) is 6.08 Å². The van der Waals surface area contributed by atoms with Crippen molar-refractivity contribution < 1.29 is 9.90 Å². The minimum atomic E-state index is -0.355. The van der Waals surface area contributed by atoms with Crippen molar-refractivity contribution in [2.75, 3.05) is 25.0 Å². The Bertz CT molecular complexity index is 752. The van der Waals surface area contributed by atoms with E-state index < -0.39 is 0 Å². The number of anilines is 1. The van der Waals surface area contributed by atoms with Gasteiger partial charge in [-0.3, -0.25) is 4.79 Å². The first-order valence-corrected chi connectivity index (χ1v) is 9.64. The molecule has 27 heavy (non-hydrogen) atoms. The molecule has 142 valence electrons. The largest absolute Gasteiger partial charge is 0.392 e. The van der Waals surface area contributed by atoms with Gasteiger partial charge in [-0.1, -0.05) is 48.5 Å². The lowest BCUT2D eigenvalue weighted by Crippen LogP contribution is -2.41. The minimum absolute atomic E-state index is 0.0539. The average Bonchev–Trinajstić information content (AvgIpc) is 2.73. The van der Waals surface area contributed by atoms with Crippen molar-refractivity contribution in [3.63, 3.8) is 0 Å². The number of hydrogen-bond donors (Lipinski definition) is 2. The number of likely N-dealkylation sites (tertiary alicyclic amines) is 1. The molecule has 1 aliphatic heterocycles. The molecule has 1 heterocycles. The standard InChI is InChI=1S/C23H28N2O2/c1-2-14-24-21-11-7-6-10-20(21)23(27)25-15-12-19(13-16-25)22(26)17-18-8-4-3-5-9-18/h2-11,19,22,24,26H,1,12-17H2. The van der Waals surface area contributed by atoms with Crippen molar-refractivity contribution in [3.8, 4) is 0 Å². The van der Waals surface area contributed by atoms with Crippen LogP contribution in [0.15, 0.2) is 67.3 Å². The van der Waals surface area contributed by atoms with E-state index in [0.717, 1.165) is 24.1 Å². The monoisotopic (exact) mass is 364 g/mol. The van der Waals surface area contributed by atoms with Crippen LogP contribution in [0.2, 0.25) is 0 Å². The zero-order chi connectivity index (χ0) is 19.1. The van der Waals surface area contributed by atoms with Gasteiger partial charge in [0.2, 0.25) is 0 Å². The number of aliphatic hydroxyl groups excluding tert-OH is 1. The fraction of sp³-hybridized carbons (Fsp3) is 0.348. The molecule has 4 heteroatoms. The van der Waals surface area contributed by atoms with Crippen LogP contribution in [0.25, 0.3) is 0 Å². The number of hydrogen-bond acceptors (Lipinski definition) is 3. The van der Waals surface area contributed by atoms with Gasteiger partial charge >= 0.3 is 0 Å². The van der Waals surface area contributed by atoms with E-state index in [4.69, 9.17) is 0 Å². The van der Waals surface area contributed by atoms with Crippen LogP contribution >= 0.6 is 0 Å². The Hall–Kier alpha value is -2.59. The fourth-order valence-corrected chi connectivity index (χ4v) is 3.69. The molecule has 1 saturated heterocycles. The van der Waals surface area contributed by atoms with Crippen molar-refractivity contribution in [2.24, 2.45) is 5.92 Å². The number of nitrogens with one attached hydrogen (secondary N) is 1. The number of aliphatic hydroxyl groups is 1. The normalized spacial score (nSPS) is 16.0. The molecule has 0 bridgehead atoms. The summed E-state index contributed by atoms with van der Waals surface area (Å²) < 4.78 is 0. The van der Waals surface area contributed by atoms with Crippen molar-refractivity contribution in [1.29, 1.82) is 0 Å². The molecular formula is C23H28N2O2. The van der Waals surface area contributed by atoms with Gasteiger partial charge in [-0.25, -0.2) is 0 Å². The highest BCUT2D eigenvalue weighted by atomic mass is 16.3. The van der Waals surface area contributed by atoms with Crippen molar-refractivity contribution in [1.82, 2.24) is 4.90 Å². The van der Waals surface area contributed by atoms with Gasteiger partial charge in [-0.15, -0.1) is 6.58 Å². The molecule has 3 rings (SSSR count). The number of rotatable bonds is 7. The number of para-hydroxylation sites is 1. The van der Waals surface area contributed by atoms with Crippen LogP contribution in [0.4, 0.5) is 5.69 Å². The first-order valence-electron chi connectivity index (χ1n) is 9.64. The third-order valence-corrected chi connectivity index (χ3v) is 5.25. The van der Waals surface area contributed by atoms with E-state index in [2.05, 4.69) is 24.0 Å². The molecule has 2 N–H and O–H groups in total. The summed E-state index contributed by atoms with van der Waals surface area (Å²) in [5, 5.41) is 13.8. The minimum Gasteiger partial charge on any atom is -0.392 e. The molecular weight excluding hydrogens is 336 g/mol. The van der Waals surface area contributed by atoms with E-state index in [9.17, 15) is 9.90 Å². The van der Waals surface area contributed by atoms with Crippen LogP contribution in [0.5, 0.6) is 0 Å². The molecule has 2 aromatic rings. The van der Waals surface area contributed by atoms with Crippen LogP contribution in [0, 0.1) is 5.92 Å². The summed E-state index contributed by atoms with van der Waals surface area (Å²) in [6.45, 7) is 5.71. The summed E-state index contributed by atoms with van der Waals surface area (Å²) in [6, 6.07) is 17.7. The van der Waals surface area contributed by atoms with Crippen molar-refractivity contribution in [2.45, 2.75) is 25.4 Å². The van der Waals surface area contributed by atoms with Crippen LogP contribution in [-0.4, -0.2) is 41.7 Å². The number of benzene rings is 2. The number of carbonyl (C=O) groups is 1. The molecule has 4 nitrogen and oxygen atoms in total. The first-order chi connectivity index (χ1) is 13.2. The third kappa shape index (κ3) is 4.98. The average molecular weight is 364 g/mol. The van der Waals surface area contributed by atoms with E-state index in [0.29, 0.717) is 31.6 Å². The summed E-state index contributed by atoms with van der Waals surface area (Å²) in [6.07, 6.45) is 3.77. The van der Waals surface area contributed by atoms with Crippen LogP contribution in [-0.2, 0) is 6.42 Å². The molecule has 2 aromatic carbocycles. The molecule has 0 aromatic heterocycles. The van der Waals surface area contributed by atoms with Gasteiger partial charge in [-0.05, 0) is 42.9 Å². The number of amides is 1. The second kappa shape index (κ2) is 9.38. The van der Waals surface area contributed by atoms with Crippen molar-refractivity contribution in [3.05, 3.63) is 78.4 Å². The molecule has 0 spiro atoms. The predicted molar refractivity (Wildman–Crippen MR) is 110 cm³/mol. The van der Waals surface area contributed by atoms with Crippen LogP contribution in [0.1, 0.15) is 28.8 Å². The highest BCUT2D eigenvalue weighted by molar-refractivity contribution is 5.99. The Morgan fingerprint density at radius 3 is 2.52 bits per heavy atom. The van der Waals surface area contributed by atoms with E-state index in [1.807, 2.05) is 47.4 Å². The summed E-state index contributed by atoms with van der Waals surface area (Å²) >= 11 is 0. The molecule has 1 amide bonds. The molecule has 0 saturated carbocycles. The summed E-state index contributed by atoms with van der Waals surface area (Å²) in [7, 11) is 0. The Kier molecular flexibility index (Phi) is 6.66. The second-order valence-corrected chi connectivity index (χ2v) is 7.10. The lowest BCUT2D eigenvalue weighted by atomic mass is 9.87. The lowest BCUT2D eigenvalue weighted by molar-refractivity contribution is 0.0468. The predicted octanol–water partition coefficient (Wildman–Crippen LogP) is 3.74. The van der Waals surface area contributed by atoms with Gasteiger partial charge in [0, 0.05) is 25.3 Å². The molecule has 1 atom stereocenters. The van der Waals surface area contributed by atoms with Gasteiger partial charge in [-0.2, -0.15) is 0 Å². The van der Waals surface area contributed by atoms with Gasteiger partial charge in [0.25, 0.3) is 5.91 Å². The summed E-state index contributed by atoms with van der Waals surface area (Å²) in [5.41, 5.74) is 2.70. The Labute approximate surface area is 161 Å². The maximum atomic E-state index is 12.9. The second-order valence-electron chi connectivity index (χ2n) is 7.10. The number of carbonyl (C=O) groups excluding carboxylic acids is 1. The fourth-order valence-electron chi connectivity index (χ4n) is 3.69. The highest BCUT2D eigenvalue weighted by Gasteiger charge is 2.28. The van der Waals surface area contributed by atoms with E-state index >= 15 is 0 Å². The molecule has 0 aliphatic carbocycles. The zero-order valence-corrected chi connectivity index (χ0v) is 15.7. The lowest BCUT2D eigenvalue weighted by Gasteiger charge is -2.34. The van der Waals surface area contributed by atoms with Gasteiger partial charge in [0.05, 0.1) is 11.7 Å². The molecule has 1 aliphatic rings. The highest BCUT2D eigenvalue weighted by Crippen LogP contribution is 2.25. The van der Waals surface area contributed by atoms with Gasteiger partial charge in [0.15, 0.2) is 0 Å². The first kappa shape index (κ1) is 19.2. The smallest absolute Gasteiger partial charge is 0.255 e. The van der Waals surface area contributed by atoms with E-state index in [1.165, 1.54) is 0 Å². The van der Waals surface area contributed by atoms with Gasteiger partial charge < -0.3 is 15.3 Å². The van der Waals surface area contributed by atoms with Crippen LogP contribution in [0.3, 0.4) is 0 Å². The van der Waals surface area contributed by atoms with E-state index in [-0.39, 0.29) is 17.9 Å². The molecule has 0 radical (unpaired) electrons. The number of piperidine rings is 1. The SMILES string of the molecule is C=CCNc1ccccc1C(=O)N1CCC(C(O)Cc2ccccc2)CC1. The topological polar surface area (TPSA) is 52.6 Å². The summed E-state index contributed by atoms with van der Waals surface area (Å²) in [5.74, 6) is 0.293. The van der Waals surface area contributed by atoms with Crippen molar-refractivity contribution >= 4 is 11.6 Å². The number of nitrogens with zero attached hydrogens (tertiary/aromatic N) is 1. The Morgan fingerprint density at radius 2 is 1.81 bits per heavy atom. The zero-order valence-electron chi connectivity index (χ0n) is 15.7. The molecule has 1 fully saturated rings. The Balaban J connectivity index is 1.57. The third-order valence-electron chi connectivity index (χ3n) is 5.25. The Morgan fingerprint density at radius 1 is 1.15 bits per heavy atom. The summed E-state index contributed by atoms with van der Waals surface area (Å²) in [4.78, 5) is 14.9.